The number of thiophene rings is 1. The minimum absolute atomic E-state index is 0.274. The molecule has 1 atom stereocenters. The first kappa shape index (κ1) is 15.9. The largest absolute Gasteiger partial charge is 0.416 e. The first-order chi connectivity index (χ1) is 10.9. The molecule has 0 radical (unpaired) electrons. The van der Waals surface area contributed by atoms with E-state index in [4.69, 9.17) is 0 Å². The number of hydrogen-bond donors (Lipinski definition) is 1. The highest BCUT2D eigenvalue weighted by Crippen LogP contribution is 2.31. The summed E-state index contributed by atoms with van der Waals surface area (Å²) in [4.78, 5) is 15.2. The van der Waals surface area contributed by atoms with Gasteiger partial charge in [-0.05, 0) is 42.1 Å². The molecule has 1 aromatic carbocycles. The van der Waals surface area contributed by atoms with Gasteiger partial charge in [-0.3, -0.25) is 0 Å². The van der Waals surface area contributed by atoms with Crippen LogP contribution in [0, 0.1) is 0 Å². The molecule has 1 aromatic heterocycles. The normalized spacial score (nSPS) is 18.2. The lowest BCUT2D eigenvalue weighted by Crippen LogP contribution is -2.32. The number of halogens is 3. The molecule has 0 spiro atoms. The number of nitrogens with one attached hydrogen (secondary N) is 1. The Kier molecular flexibility index (Phi) is 4.30. The first-order valence-electron chi connectivity index (χ1n) is 7.20. The van der Waals surface area contributed by atoms with Gasteiger partial charge in [-0.2, -0.15) is 13.2 Å². The second-order valence-corrected chi connectivity index (χ2v) is 6.43. The van der Waals surface area contributed by atoms with Gasteiger partial charge in [0, 0.05) is 29.6 Å². The number of amides is 2. The van der Waals surface area contributed by atoms with Crippen LogP contribution >= 0.6 is 11.3 Å². The zero-order chi connectivity index (χ0) is 16.4. The third-order valence-electron chi connectivity index (χ3n) is 3.88. The molecule has 122 valence electrons. The summed E-state index contributed by atoms with van der Waals surface area (Å²) >= 11 is 1.68. The Balaban J connectivity index is 1.59. The summed E-state index contributed by atoms with van der Waals surface area (Å²) in [7, 11) is 0. The number of anilines is 1. The first-order valence-corrected chi connectivity index (χ1v) is 8.08. The molecular weight excluding hydrogens is 325 g/mol. The van der Waals surface area contributed by atoms with E-state index in [-0.39, 0.29) is 6.03 Å². The molecule has 1 fully saturated rings. The zero-order valence-electron chi connectivity index (χ0n) is 12.1. The number of hydrogen-bond acceptors (Lipinski definition) is 2. The van der Waals surface area contributed by atoms with Crippen molar-refractivity contribution in [1.29, 1.82) is 0 Å². The number of carbonyl (C=O) groups excluding carboxylic acids is 1. The molecule has 1 N–H and O–H groups in total. The molecule has 0 aliphatic carbocycles. The van der Waals surface area contributed by atoms with E-state index >= 15 is 0 Å². The third-order valence-corrected chi connectivity index (χ3v) is 4.92. The lowest BCUT2D eigenvalue weighted by molar-refractivity contribution is -0.137. The maximum Gasteiger partial charge on any atom is 0.416 e. The SMILES string of the molecule is O=C(Nc1ccc(C(F)(F)F)cc1)N1CCC(c2cccs2)C1. The van der Waals surface area contributed by atoms with Gasteiger partial charge in [-0.15, -0.1) is 11.3 Å². The van der Waals surface area contributed by atoms with E-state index in [9.17, 15) is 18.0 Å². The highest BCUT2D eigenvalue weighted by atomic mass is 32.1. The van der Waals surface area contributed by atoms with Crippen molar-refractivity contribution in [2.45, 2.75) is 18.5 Å². The minimum atomic E-state index is -4.37. The maximum atomic E-state index is 12.5. The van der Waals surface area contributed by atoms with Crippen LogP contribution in [0.2, 0.25) is 0 Å². The van der Waals surface area contributed by atoms with Crippen molar-refractivity contribution < 1.29 is 18.0 Å². The molecule has 0 bridgehead atoms. The molecule has 3 nitrogen and oxygen atoms in total. The summed E-state index contributed by atoms with van der Waals surface area (Å²) in [5.74, 6) is 0.341. The van der Waals surface area contributed by atoms with Gasteiger partial charge in [-0.1, -0.05) is 6.07 Å². The van der Waals surface area contributed by atoms with Gasteiger partial charge in [0.15, 0.2) is 0 Å². The molecule has 2 heterocycles. The van der Waals surface area contributed by atoms with E-state index in [0.29, 0.717) is 24.7 Å². The van der Waals surface area contributed by atoms with Crippen LogP contribution in [0.15, 0.2) is 41.8 Å². The Bertz CT molecular complexity index is 668. The smallest absolute Gasteiger partial charge is 0.324 e. The van der Waals surface area contributed by atoms with Crippen LogP contribution in [0.25, 0.3) is 0 Å². The van der Waals surface area contributed by atoms with Crippen LogP contribution in [0.4, 0.5) is 23.7 Å². The van der Waals surface area contributed by atoms with Gasteiger partial charge in [0.25, 0.3) is 0 Å². The fourth-order valence-corrected chi connectivity index (χ4v) is 3.50. The van der Waals surface area contributed by atoms with Crippen LogP contribution in [0.1, 0.15) is 22.8 Å². The maximum absolute atomic E-state index is 12.5. The molecule has 1 unspecified atom stereocenters. The Morgan fingerprint density at radius 2 is 1.96 bits per heavy atom. The molecule has 2 aromatic rings. The van der Waals surface area contributed by atoms with Crippen molar-refractivity contribution in [1.82, 2.24) is 4.90 Å². The summed E-state index contributed by atoms with van der Waals surface area (Å²) in [5, 5.41) is 4.67. The number of alkyl halides is 3. The predicted molar refractivity (Wildman–Crippen MR) is 83.7 cm³/mol. The van der Waals surface area contributed by atoms with Crippen molar-refractivity contribution in [2.75, 3.05) is 18.4 Å². The standard InChI is InChI=1S/C16H15F3N2OS/c17-16(18,19)12-3-5-13(6-4-12)20-15(22)21-8-7-11(10-21)14-2-1-9-23-14/h1-6,9,11H,7-8,10H2,(H,20,22). The number of likely N-dealkylation sites (tertiary alicyclic amines) is 1. The van der Waals surface area contributed by atoms with Gasteiger partial charge in [0.05, 0.1) is 5.56 Å². The van der Waals surface area contributed by atoms with Crippen molar-refractivity contribution in [3.05, 3.63) is 52.2 Å². The molecule has 1 aliphatic rings. The van der Waals surface area contributed by atoms with E-state index in [2.05, 4.69) is 11.4 Å². The summed E-state index contributed by atoms with van der Waals surface area (Å²) < 4.78 is 37.5. The second-order valence-electron chi connectivity index (χ2n) is 5.45. The lowest BCUT2D eigenvalue weighted by Gasteiger charge is -2.17. The Hall–Kier alpha value is -2.02. The topological polar surface area (TPSA) is 32.3 Å². The molecular formula is C16H15F3N2OS. The van der Waals surface area contributed by atoms with E-state index < -0.39 is 11.7 Å². The molecule has 1 saturated heterocycles. The molecule has 7 heteroatoms. The Morgan fingerprint density at radius 1 is 1.22 bits per heavy atom. The van der Waals surface area contributed by atoms with Gasteiger partial charge in [0.2, 0.25) is 0 Å². The summed E-state index contributed by atoms with van der Waals surface area (Å²) in [6, 6.07) is 8.25. The number of benzene rings is 1. The van der Waals surface area contributed by atoms with Crippen LogP contribution in [0.3, 0.4) is 0 Å². The number of nitrogens with zero attached hydrogens (tertiary/aromatic N) is 1. The van der Waals surface area contributed by atoms with Gasteiger partial charge in [-0.25, -0.2) is 4.79 Å². The average Bonchev–Trinajstić information content (AvgIpc) is 3.18. The Morgan fingerprint density at radius 3 is 2.57 bits per heavy atom. The number of rotatable bonds is 2. The molecule has 2 amide bonds. The highest BCUT2D eigenvalue weighted by Gasteiger charge is 2.30. The number of carbonyl (C=O) groups is 1. The lowest BCUT2D eigenvalue weighted by atomic mass is 10.1. The quantitative estimate of drug-likeness (QED) is 0.838. The van der Waals surface area contributed by atoms with Crippen LogP contribution in [-0.4, -0.2) is 24.0 Å². The van der Waals surface area contributed by atoms with Crippen LogP contribution in [-0.2, 0) is 6.18 Å². The van der Waals surface area contributed by atoms with Crippen LogP contribution in [0.5, 0.6) is 0 Å². The molecule has 1 aliphatic heterocycles. The van der Waals surface area contributed by atoms with E-state index in [1.807, 2.05) is 11.4 Å². The van der Waals surface area contributed by atoms with E-state index in [1.54, 1.807) is 16.2 Å². The average molecular weight is 340 g/mol. The monoisotopic (exact) mass is 340 g/mol. The van der Waals surface area contributed by atoms with Gasteiger partial charge >= 0.3 is 12.2 Å². The summed E-state index contributed by atoms with van der Waals surface area (Å²) in [6.07, 6.45) is -3.47. The molecule has 23 heavy (non-hydrogen) atoms. The number of urea groups is 1. The zero-order valence-corrected chi connectivity index (χ0v) is 13.0. The van der Waals surface area contributed by atoms with Gasteiger partial charge < -0.3 is 10.2 Å². The predicted octanol–water partition coefficient (Wildman–Crippen LogP) is 4.79. The fourth-order valence-electron chi connectivity index (χ4n) is 2.65. The van der Waals surface area contributed by atoms with E-state index in [0.717, 1.165) is 18.6 Å². The van der Waals surface area contributed by atoms with Crippen molar-refractivity contribution >= 4 is 23.1 Å². The highest BCUT2D eigenvalue weighted by molar-refractivity contribution is 7.10. The third kappa shape index (κ3) is 3.67. The molecule has 0 saturated carbocycles. The van der Waals surface area contributed by atoms with Gasteiger partial charge in [0.1, 0.15) is 0 Å². The Labute approximate surface area is 135 Å². The van der Waals surface area contributed by atoms with Crippen LogP contribution < -0.4 is 5.32 Å². The molecule has 3 rings (SSSR count). The van der Waals surface area contributed by atoms with Crippen molar-refractivity contribution in [3.8, 4) is 0 Å². The van der Waals surface area contributed by atoms with E-state index in [1.165, 1.54) is 17.0 Å². The summed E-state index contributed by atoms with van der Waals surface area (Å²) in [5.41, 5.74) is -0.364. The second kappa shape index (κ2) is 6.23. The summed E-state index contributed by atoms with van der Waals surface area (Å²) in [6.45, 7) is 1.28. The van der Waals surface area contributed by atoms with Crippen molar-refractivity contribution in [3.63, 3.8) is 0 Å². The van der Waals surface area contributed by atoms with Crippen molar-refractivity contribution in [2.24, 2.45) is 0 Å². The minimum Gasteiger partial charge on any atom is -0.324 e. The fraction of sp³-hybridized carbons (Fsp3) is 0.312.